The molecular formula is C15H11ClN6O. The molecule has 0 aliphatic carbocycles. The van der Waals surface area contributed by atoms with Crippen LogP contribution in [0.5, 0.6) is 0 Å². The molecule has 3 heterocycles. The number of anilines is 1. The highest BCUT2D eigenvalue weighted by Gasteiger charge is 2.15. The number of hydrogen-bond acceptors (Lipinski definition) is 5. The van der Waals surface area contributed by atoms with Crippen LogP contribution in [0.4, 0.5) is 5.82 Å². The van der Waals surface area contributed by atoms with Crippen LogP contribution in [0.15, 0.2) is 30.9 Å². The Hall–Kier alpha value is -2.98. The van der Waals surface area contributed by atoms with Gasteiger partial charge in [0.1, 0.15) is 12.2 Å². The number of nitriles is 1. The fourth-order valence-corrected chi connectivity index (χ4v) is 2.39. The highest BCUT2D eigenvalue weighted by atomic mass is 35.5. The quantitative estimate of drug-likeness (QED) is 0.746. The maximum absolute atomic E-state index is 11.7. The first-order chi connectivity index (χ1) is 11.1. The molecule has 7 nitrogen and oxygen atoms in total. The number of H-pyrrole nitrogens is 1. The standard InChI is InChI=1S/C15H11ClN6O/c1-9(23)22(3-2-17)14-8-18-7-13(21-14)12-6-20-15-11(12)4-10(16)5-19-15/h4-8H,3H2,1H3,(H,19,20). The number of aromatic nitrogens is 4. The summed E-state index contributed by atoms with van der Waals surface area (Å²) in [6.45, 7) is 1.29. The molecule has 0 aliphatic rings. The molecule has 0 bridgehead atoms. The smallest absolute Gasteiger partial charge is 0.225 e. The zero-order valence-electron chi connectivity index (χ0n) is 12.1. The SMILES string of the molecule is CC(=O)N(CC#N)c1cncc(-c2c[nH]c3ncc(Cl)cc23)n1. The van der Waals surface area contributed by atoms with E-state index in [1.807, 2.05) is 6.07 Å². The van der Waals surface area contributed by atoms with Crippen molar-refractivity contribution in [1.82, 2.24) is 19.9 Å². The Labute approximate surface area is 136 Å². The minimum Gasteiger partial charge on any atom is -0.345 e. The Balaban J connectivity index is 2.10. The minimum atomic E-state index is -0.276. The molecule has 0 fully saturated rings. The number of carbonyl (C=O) groups is 1. The molecule has 3 aromatic rings. The number of carbonyl (C=O) groups excluding carboxylic acids is 1. The van der Waals surface area contributed by atoms with Crippen molar-refractivity contribution in [2.75, 3.05) is 11.4 Å². The second-order valence-corrected chi connectivity index (χ2v) is 5.21. The predicted molar refractivity (Wildman–Crippen MR) is 85.8 cm³/mol. The largest absolute Gasteiger partial charge is 0.345 e. The van der Waals surface area contributed by atoms with Crippen LogP contribution < -0.4 is 4.90 Å². The van der Waals surface area contributed by atoms with Gasteiger partial charge in [0.25, 0.3) is 0 Å². The van der Waals surface area contributed by atoms with Gasteiger partial charge in [-0.3, -0.25) is 14.7 Å². The van der Waals surface area contributed by atoms with E-state index in [4.69, 9.17) is 16.9 Å². The first-order valence-electron chi connectivity index (χ1n) is 6.70. The molecule has 8 heteroatoms. The average molecular weight is 327 g/mol. The lowest BCUT2D eigenvalue weighted by molar-refractivity contribution is -0.116. The van der Waals surface area contributed by atoms with E-state index in [9.17, 15) is 4.79 Å². The van der Waals surface area contributed by atoms with E-state index in [1.165, 1.54) is 18.0 Å². The number of halogens is 1. The van der Waals surface area contributed by atoms with E-state index in [0.717, 1.165) is 10.9 Å². The maximum Gasteiger partial charge on any atom is 0.225 e. The van der Waals surface area contributed by atoms with Gasteiger partial charge in [0.2, 0.25) is 5.91 Å². The molecule has 23 heavy (non-hydrogen) atoms. The number of rotatable bonds is 3. The molecule has 114 valence electrons. The Kier molecular flexibility index (Phi) is 3.91. The van der Waals surface area contributed by atoms with Crippen LogP contribution in [0.3, 0.4) is 0 Å². The van der Waals surface area contributed by atoms with E-state index >= 15 is 0 Å². The van der Waals surface area contributed by atoms with Crippen molar-refractivity contribution < 1.29 is 4.79 Å². The van der Waals surface area contributed by atoms with Gasteiger partial charge in [0.05, 0.1) is 29.2 Å². The molecule has 0 aromatic carbocycles. The van der Waals surface area contributed by atoms with Gasteiger partial charge in [0, 0.05) is 30.3 Å². The highest BCUT2D eigenvalue weighted by Crippen LogP contribution is 2.28. The van der Waals surface area contributed by atoms with Crippen molar-refractivity contribution >= 4 is 34.4 Å². The lowest BCUT2D eigenvalue weighted by Gasteiger charge is -2.16. The molecule has 0 spiro atoms. The first kappa shape index (κ1) is 14.9. The molecule has 0 atom stereocenters. The van der Waals surface area contributed by atoms with E-state index < -0.39 is 0 Å². The zero-order chi connectivity index (χ0) is 16.4. The fraction of sp³-hybridized carbons (Fsp3) is 0.133. The average Bonchev–Trinajstić information content (AvgIpc) is 2.95. The third-order valence-electron chi connectivity index (χ3n) is 3.28. The third-order valence-corrected chi connectivity index (χ3v) is 3.49. The van der Waals surface area contributed by atoms with Crippen LogP contribution in [0.25, 0.3) is 22.3 Å². The molecule has 0 unspecified atom stereocenters. The van der Waals surface area contributed by atoms with Crippen molar-refractivity contribution in [2.45, 2.75) is 6.92 Å². The van der Waals surface area contributed by atoms with Gasteiger partial charge >= 0.3 is 0 Å². The molecule has 1 N–H and O–H groups in total. The summed E-state index contributed by atoms with van der Waals surface area (Å²) in [6, 6.07) is 3.72. The van der Waals surface area contributed by atoms with Gasteiger partial charge in [0.15, 0.2) is 5.82 Å². The highest BCUT2D eigenvalue weighted by molar-refractivity contribution is 6.31. The van der Waals surface area contributed by atoms with Crippen LogP contribution in [-0.2, 0) is 4.79 Å². The van der Waals surface area contributed by atoms with Gasteiger partial charge in [-0.1, -0.05) is 11.6 Å². The van der Waals surface area contributed by atoms with Crippen molar-refractivity contribution in [1.29, 1.82) is 5.26 Å². The fourth-order valence-electron chi connectivity index (χ4n) is 2.23. The maximum atomic E-state index is 11.7. The lowest BCUT2D eigenvalue weighted by Crippen LogP contribution is -2.29. The van der Waals surface area contributed by atoms with Gasteiger partial charge in [-0.15, -0.1) is 0 Å². The summed E-state index contributed by atoms with van der Waals surface area (Å²) in [5.74, 6) is 0.0440. The number of amides is 1. The molecule has 0 radical (unpaired) electrons. The van der Waals surface area contributed by atoms with Gasteiger partial charge in [-0.2, -0.15) is 5.26 Å². The monoisotopic (exact) mass is 326 g/mol. The number of nitrogens with zero attached hydrogens (tertiary/aromatic N) is 5. The Morgan fingerprint density at radius 2 is 2.26 bits per heavy atom. The molecule has 3 aromatic heterocycles. The van der Waals surface area contributed by atoms with Gasteiger partial charge < -0.3 is 4.98 Å². The summed E-state index contributed by atoms with van der Waals surface area (Å²) in [5.41, 5.74) is 2.00. The van der Waals surface area contributed by atoms with Crippen molar-refractivity contribution in [3.8, 4) is 17.3 Å². The molecule has 3 rings (SSSR count). The van der Waals surface area contributed by atoms with E-state index in [0.29, 0.717) is 22.2 Å². The van der Waals surface area contributed by atoms with Crippen molar-refractivity contribution in [3.63, 3.8) is 0 Å². The van der Waals surface area contributed by atoms with Crippen LogP contribution in [0.1, 0.15) is 6.92 Å². The minimum absolute atomic E-state index is 0.0886. The number of fused-ring (bicyclic) bond motifs is 1. The van der Waals surface area contributed by atoms with Crippen molar-refractivity contribution in [3.05, 3.63) is 35.9 Å². The van der Waals surface area contributed by atoms with Crippen LogP contribution in [0.2, 0.25) is 5.02 Å². The lowest BCUT2D eigenvalue weighted by atomic mass is 10.1. The van der Waals surface area contributed by atoms with Gasteiger partial charge in [-0.25, -0.2) is 9.97 Å². The summed E-state index contributed by atoms with van der Waals surface area (Å²) in [5, 5.41) is 10.2. The normalized spacial score (nSPS) is 10.5. The second kappa shape index (κ2) is 6.02. The Morgan fingerprint density at radius 1 is 1.43 bits per heavy atom. The van der Waals surface area contributed by atoms with Crippen LogP contribution in [-0.4, -0.2) is 32.4 Å². The molecule has 1 amide bonds. The summed E-state index contributed by atoms with van der Waals surface area (Å²) in [6.07, 6.45) is 6.33. The van der Waals surface area contributed by atoms with Crippen molar-refractivity contribution in [2.24, 2.45) is 0 Å². The molecular weight excluding hydrogens is 316 g/mol. The van der Waals surface area contributed by atoms with E-state index in [1.54, 1.807) is 24.7 Å². The third kappa shape index (κ3) is 2.84. The summed E-state index contributed by atoms with van der Waals surface area (Å²) >= 11 is 6.00. The number of pyridine rings is 1. The summed E-state index contributed by atoms with van der Waals surface area (Å²) in [7, 11) is 0. The Bertz CT molecular complexity index is 929. The zero-order valence-corrected chi connectivity index (χ0v) is 12.9. The molecule has 0 aliphatic heterocycles. The second-order valence-electron chi connectivity index (χ2n) is 4.78. The number of hydrogen-bond donors (Lipinski definition) is 1. The number of aromatic amines is 1. The number of nitrogens with one attached hydrogen (secondary N) is 1. The predicted octanol–water partition coefficient (Wildman–Crippen LogP) is 2.55. The molecule has 0 saturated carbocycles. The van der Waals surface area contributed by atoms with Crippen LogP contribution in [0, 0.1) is 11.3 Å². The van der Waals surface area contributed by atoms with Crippen LogP contribution >= 0.6 is 11.6 Å². The van der Waals surface area contributed by atoms with E-state index in [-0.39, 0.29) is 12.5 Å². The van der Waals surface area contributed by atoms with Gasteiger partial charge in [-0.05, 0) is 6.07 Å². The summed E-state index contributed by atoms with van der Waals surface area (Å²) < 4.78 is 0. The topological polar surface area (TPSA) is 98.6 Å². The Morgan fingerprint density at radius 3 is 3.00 bits per heavy atom. The molecule has 0 saturated heterocycles. The first-order valence-corrected chi connectivity index (χ1v) is 7.08. The summed E-state index contributed by atoms with van der Waals surface area (Å²) in [4.78, 5) is 28.7. The van der Waals surface area contributed by atoms with E-state index in [2.05, 4.69) is 19.9 Å².